The standard InChI is InChI=1S/C22H15ClN2O3/c23-16-11-12-17(24-13-16)25-19(14-7-3-1-4-8-14)18(21(27)22(25)28)20(26)15-9-5-2-6-10-15/h1-13,19,26H/t19-/m1/s1. The lowest BCUT2D eigenvalue weighted by Crippen LogP contribution is -2.30. The smallest absolute Gasteiger partial charge is 0.301 e. The molecule has 0 unspecified atom stereocenters. The highest BCUT2D eigenvalue weighted by molar-refractivity contribution is 6.51. The molecule has 1 aliphatic rings. The number of carbonyl (C=O) groups is 2. The van der Waals surface area contributed by atoms with Gasteiger partial charge in [0.15, 0.2) is 0 Å². The Kier molecular flexibility index (Phi) is 4.67. The van der Waals surface area contributed by atoms with Gasteiger partial charge in [0, 0.05) is 11.8 Å². The predicted octanol–water partition coefficient (Wildman–Crippen LogP) is 4.36. The number of aliphatic hydroxyl groups excluding tert-OH is 1. The van der Waals surface area contributed by atoms with Crippen molar-refractivity contribution >= 4 is 34.9 Å². The summed E-state index contributed by atoms with van der Waals surface area (Å²) < 4.78 is 0. The zero-order valence-corrected chi connectivity index (χ0v) is 15.4. The summed E-state index contributed by atoms with van der Waals surface area (Å²) in [5.74, 6) is -1.44. The van der Waals surface area contributed by atoms with E-state index in [9.17, 15) is 14.7 Å². The highest BCUT2D eigenvalue weighted by Gasteiger charge is 2.47. The number of benzene rings is 2. The number of aliphatic hydroxyl groups is 1. The summed E-state index contributed by atoms with van der Waals surface area (Å²) in [6.45, 7) is 0. The van der Waals surface area contributed by atoms with E-state index in [1.165, 1.54) is 11.1 Å². The normalized spacial score (nSPS) is 18.5. The second-order valence-electron chi connectivity index (χ2n) is 6.28. The number of hydrogen-bond donors (Lipinski definition) is 1. The number of Topliss-reactive ketones (excluding diaryl/α,β-unsaturated/α-hetero) is 1. The molecule has 1 aliphatic heterocycles. The molecule has 1 amide bonds. The third-order valence-electron chi connectivity index (χ3n) is 4.57. The van der Waals surface area contributed by atoms with Crippen molar-refractivity contribution < 1.29 is 14.7 Å². The summed E-state index contributed by atoms with van der Waals surface area (Å²) in [4.78, 5) is 31.3. The molecule has 3 aromatic rings. The molecule has 0 spiro atoms. The van der Waals surface area contributed by atoms with Crippen molar-refractivity contribution in [3.05, 3.63) is 101 Å². The zero-order valence-electron chi connectivity index (χ0n) is 14.6. The van der Waals surface area contributed by atoms with Crippen LogP contribution in [0.1, 0.15) is 17.2 Å². The fraction of sp³-hybridized carbons (Fsp3) is 0.0455. The van der Waals surface area contributed by atoms with Crippen molar-refractivity contribution in [1.29, 1.82) is 0 Å². The van der Waals surface area contributed by atoms with Crippen LogP contribution in [0.5, 0.6) is 0 Å². The zero-order chi connectivity index (χ0) is 19.7. The van der Waals surface area contributed by atoms with Crippen LogP contribution in [-0.2, 0) is 9.59 Å². The van der Waals surface area contributed by atoms with Crippen molar-refractivity contribution in [2.75, 3.05) is 4.90 Å². The van der Waals surface area contributed by atoms with Crippen LogP contribution in [0.15, 0.2) is 84.6 Å². The average Bonchev–Trinajstić information content (AvgIpc) is 3.00. The Hall–Kier alpha value is -3.44. The molecule has 6 heteroatoms. The summed E-state index contributed by atoms with van der Waals surface area (Å²) in [5, 5.41) is 11.3. The molecule has 4 rings (SSSR count). The van der Waals surface area contributed by atoms with E-state index in [1.54, 1.807) is 48.5 Å². The highest BCUT2D eigenvalue weighted by atomic mass is 35.5. The van der Waals surface area contributed by atoms with Crippen LogP contribution >= 0.6 is 11.6 Å². The van der Waals surface area contributed by atoms with Crippen LogP contribution in [0.25, 0.3) is 5.76 Å². The lowest BCUT2D eigenvalue weighted by atomic mass is 9.95. The van der Waals surface area contributed by atoms with Gasteiger partial charge in [-0.3, -0.25) is 14.5 Å². The van der Waals surface area contributed by atoms with Gasteiger partial charge in [-0.1, -0.05) is 72.3 Å². The number of carbonyl (C=O) groups excluding carboxylic acids is 2. The molecule has 0 saturated carbocycles. The maximum Gasteiger partial charge on any atom is 0.301 e. The number of ketones is 1. The average molecular weight is 391 g/mol. The molecule has 0 radical (unpaired) electrons. The molecule has 2 heterocycles. The van der Waals surface area contributed by atoms with Gasteiger partial charge in [0.25, 0.3) is 5.78 Å². The van der Waals surface area contributed by atoms with E-state index in [2.05, 4.69) is 4.98 Å². The molecule has 1 fully saturated rings. The molecule has 5 nitrogen and oxygen atoms in total. The highest BCUT2D eigenvalue weighted by Crippen LogP contribution is 2.41. The minimum absolute atomic E-state index is 0.0270. The molecule has 1 saturated heterocycles. The second-order valence-corrected chi connectivity index (χ2v) is 6.72. The van der Waals surface area contributed by atoms with E-state index >= 15 is 0 Å². The Morgan fingerprint density at radius 2 is 1.57 bits per heavy atom. The largest absolute Gasteiger partial charge is 0.507 e. The SMILES string of the molecule is O=C1C(=O)N(c2ccc(Cl)cn2)[C@H](c2ccccc2)C1=C(O)c1ccccc1. The van der Waals surface area contributed by atoms with Gasteiger partial charge in [-0.2, -0.15) is 0 Å². The first-order chi connectivity index (χ1) is 13.6. The van der Waals surface area contributed by atoms with E-state index in [-0.39, 0.29) is 17.2 Å². The van der Waals surface area contributed by atoms with Gasteiger partial charge in [-0.25, -0.2) is 4.98 Å². The van der Waals surface area contributed by atoms with E-state index in [1.807, 2.05) is 24.3 Å². The summed E-state index contributed by atoms with van der Waals surface area (Å²) in [6, 6.07) is 20.1. The fourth-order valence-corrected chi connectivity index (χ4v) is 3.39. The molecular formula is C22H15ClN2O3. The van der Waals surface area contributed by atoms with Crippen molar-refractivity contribution in [2.24, 2.45) is 0 Å². The molecule has 28 heavy (non-hydrogen) atoms. The number of anilines is 1. The summed E-state index contributed by atoms with van der Waals surface area (Å²) in [5.41, 5.74) is 1.18. The van der Waals surface area contributed by atoms with Crippen LogP contribution < -0.4 is 4.90 Å². The number of rotatable bonds is 3. The Bertz CT molecular complexity index is 1060. The number of amides is 1. The van der Waals surface area contributed by atoms with Gasteiger partial charge < -0.3 is 5.11 Å². The molecule has 0 aliphatic carbocycles. The van der Waals surface area contributed by atoms with Gasteiger partial charge in [0.1, 0.15) is 11.6 Å². The number of nitrogens with zero attached hydrogens (tertiary/aromatic N) is 2. The summed E-state index contributed by atoms with van der Waals surface area (Å²) in [7, 11) is 0. The van der Waals surface area contributed by atoms with Crippen LogP contribution in [0, 0.1) is 0 Å². The van der Waals surface area contributed by atoms with E-state index in [0.717, 1.165) is 0 Å². The van der Waals surface area contributed by atoms with E-state index < -0.39 is 17.7 Å². The molecule has 138 valence electrons. The van der Waals surface area contributed by atoms with E-state index in [0.29, 0.717) is 16.1 Å². The maximum absolute atomic E-state index is 12.9. The third-order valence-corrected chi connectivity index (χ3v) is 4.79. The predicted molar refractivity (Wildman–Crippen MR) is 107 cm³/mol. The van der Waals surface area contributed by atoms with Crippen LogP contribution in [0.3, 0.4) is 0 Å². The molecule has 1 N–H and O–H groups in total. The van der Waals surface area contributed by atoms with Crippen LogP contribution in [0.4, 0.5) is 5.82 Å². The second kappa shape index (κ2) is 7.29. The molecular weight excluding hydrogens is 376 g/mol. The van der Waals surface area contributed by atoms with Crippen molar-refractivity contribution in [2.45, 2.75) is 6.04 Å². The third kappa shape index (κ3) is 3.06. The monoisotopic (exact) mass is 390 g/mol. The molecule has 1 atom stereocenters. The maximum atomic E-state index is 12.9. The lowest BCUT2D eigenvalue weighted by molar-refractivity contribution is -0.132. The number of hydrogen-bond acceptors (Lipinski definition) is 4. The summed E-state index contributed by atoms with van der Waals surface area (Å²) >= 11 is 5.91. The quantitative estimate of drug-likeness (QED) is 0.410. The van der Waals surface area contributed by atoms with Gasteiger partial charge >= 0.3 is 5.91 Å². The molecule has 1 aromatic heterocycles. The van der Waals surface area contributed by atoms with Crippen LogP contribution in [-0.4, -0.2) is 21.8 Å². The Morgan fingerprint density at radius 3 is 2.18 bits per heavy atom. The fourth-order valence-electron chi connectivity index (χ4n) is 3.28. The summed E-state index contributed by atoms with van der Waals surface area (Å²) in [6.07, 6.45) is 1.41. The first-order valence-electron chi connectivity index (χ1n) is 8.61. The molecule has 0 bridgehead atoms. The Balaban J connectivity index is 1.94. The van der Waals surface area contributed by atoms with Gasteiger partial charge in [0.05, 0.1) is 16.6 Å². The minimum Gasteiger partial charge on any atom is -0.507 e. The number of aromatic nitrogens is 1. The Morgan fingerprint density at radius 1 is 0.929 bits per heavy atom. The van der Waals surface area contributed by atoms with Crippen molar-refractivity contribution in [1.82, 2.24) is 4.98 Å². The van der Waals surface area contributed by atoms with Gasteiger partial charge in [-0.15, -0.1) is 0 Å². The van der Waals surface area contributed by atoms with Crippen molar-refractivity contribution in [3.63, 3.8) is 0 Å². The lowest BCUT2D eigenvalue weighted by Gasteiger charge is -2.24. The van der Waals surface area contributed by atoms with Crippen LogP contribution in [0.2, 0.25) is 5.02 Å². The Labute approximate surface area is 166 Å². The number of pyridine rings is 1. The van der Waals surface area contributed by atoms with E-state index in [4.69, 9.17) is 11.6 Å². The first kappa shape index (κ1) is 17.9. The molecule has 2 aromatic carbocycles. The van der Waals surface area contributed by atoms with Gasteiger partial charge in [0.2, 0.25) is 0 Å². The number of halogens is 1. The van der Waals surface area contributed by atoms with Crippen molar-refractivity contribution in [3.8, 4) is 0 Å². The minimum atomic E-state index is -0.796. The topological polar surface area (TPSA) is 70.5 Å². The first-order valence-corrected chi connectivity index (χ1v) is 8.98. The van der Waals surface area contributed by atoms with Gasteiger partial charge in [-0.05, 0) is 17.7 Å².